The Labute approximate surface area is 228 Å². The van der Waals surface area contributed by atoms with E-state index in [1.807, 2.05) is 0 Å². The van der Waals surface area contributed by atoms with Gasteiger partial charge in [-0.05, 0) is 52.2 Å². The molecule has 0 aromatic heterocycles. The maximum absolute atomic E-state index is 10.3. The van der Waals surface area contributed by atoms with E-state index >= 15 is 0 Å². The Morgan fingerprint density at radius 3 is 2.05 bits per heavy atom. The van der Waals surface area contributed by atoms with Crippen molar-refractivity contribution in [2.24, 2.45) is 11.8 Å². The lowest BCUT2D eigenvalue weighted by atomic mass is 9.68. The van der Waals surface area contributed by atoms with E-state index in [0.29, 0.717) is 6.61 Å². The first-order valence-corrected chi connectivity index (χ1v) is 16.0. The van der Waals surface area contributed by atoms with Gasteiger partial charge in [0.25, 0.3) is 8.32 Å². The Morgan fingerprint density at radius 1 is 0.868 bits per heavy atom. The van der Waals surface area contributed by atoms with Crippen LogP contribution in [0.15, 0.2) is 84.9 Å². The standard InChI is InChI=1S/C33H42O4Si/c1-32(2,3)38(26-15-6-4-7-16-26,27-17-8-5-9-18-27)36-22-12-14-25-13-10-11-19-29(25)33-21-20-31(37-33)28(23-34)30(33)24-35/h4-11,13,15-19,28,30-31,34-35H,12,14,20-24H2,1-3H3. The van der Waals surface area contributed by atoms with E-state index in [1.165, 1.54) is 21.5 Å². The van der Waals surface area contributed by atoms with Crippen molar-refractivity contribution in [2.45, 2.75) is 63.2 Å². The van der Waals surface area contributed by atoms with Crippen molar-refractivity contribution in [3.05, 3.63) is 96.1 Å². The largest absolute Gasteiger partial charge is 0.407 e. The number of hydrogen-bond donors (Lipinski definition) is 2. The predicted octanol–water partition coefficient (Wildman–Crippen LogP) is 4.80. The number of aliphatic hydroxyl groups is 2. The fraction of sp³-hybridized carbons (Fsp3) is 0.455. The van der Waals surface area contributed by atoms with Gasteiger partial charge in [0.15, 0.2) is 0 Å². The van der Waals surface area contributed by atoms with Gasteiger partial charge < -0.3 is 19.4 Å². The van der Waals surface area contributed by atoms with Crippen LogP contribution in [-0.4, -0.2) is 44.5 Å². The van der Waals surface area contributed by atoms with Crippen LogP contribution in [0.1, 0.15) is 51.2 Å². The fourth-order valence-corrected chi connectivity index (χ4v) is 11.9. The molecule has 0 radical (unpaired) electrons. The van der Waals surface area contributed by atoms with E-state index < -0.39 is 13.9 Å². The van der Waals surface area contributed by atoms with E-state index in [2.05, 4.69) is 106 Å². The van der Waals surface area contributed by atoms with Gasteiger partial charge in [-0.2, -0.15) is 0 Å². The van der Waals surface area contributed by atoms with Crippen molar-refractivity contribution in [1.29, 1.82) is 0 Å². The Hall–Kier alpha value is -2.28. The molecule has 5 heteroatoms. The molecular formula is C33H42O4Si. The minimum Gasteiger partial charge on any atom is -0.407 e. The number of aryl methyl sites for hydroxylation is 1. The van der Waals surface area contributed by atoms with Gasteiger partial charge >= 0.3 is 0 Å². The van der Waals surface area contributed by atoms with Crippen molar-refractivity contribution in [2.75, 3.05) is 19.8 Å². The van der Waals surface area contributed by atoms with Gasteiger partial charge in [0.05, 0.1) is 11.7 Å². The Kier molecular flexibility index (Phi) is 7.95. The maximum atomic E-state index is 10.3. The molecule has 3 aromatic rings. The van der Waals surface area contributed by atoms with Crippen LogP contribution < -0.4 is 10.4 Å². The van der Waals surface area contributed by atoms with Crippen molar-refractivity contribution < 1.29 is 19.4 Å². The molecule has 2 N–H and O–H groups in total. The summed E-state index contributed by atoms with van der Waals surface area (Å²) in [5.41, 5.74) is 1.95. The first-order valence-electron chi connectivity index (χ1n) is 14.1. The number of hydrogen-bond acceptors (Lipinski definition) is 4. The molecule has 4 nitrogen and oxygen atoms in total. The summed E-state index contributed by atoms with van der Waals surface area (Å²) < 4.78 is 13.7. The van der Waals surface area contributed by atoms with Gasteiger partial charge in [-0.25, -0.2) is 0 Å². The van der Waals surface area contributed by atoms with Crippen molar-refractivity contribution in [3.8, 4) is 0 Å². The number of aliphatic hydroxyl groups excluding tert-OH is 2. The highest BCUT2D eigenvalue weighted by Gasteiger charge is 2.60. The van der Waals surface area contributed by atoms with E-state index in [4.69, 9.17) is 9.16 Å². The second-order valence-electron chi connectivity index (χ2n) is 12.0. The SMILES string of the molecule is CC(C)(C)[Si](OCCCc1ccccc1C12CCC(O1)C(CO)C2CO)(c1ccccc1)c1ccccc1. The lowest BCUT2D eigenvalue weighted by Gasteiger charge is -2.43. The van der Waals surface area contributed by atoms with Crippen LogP contribution in [0.25, 0.3) is 0 Å². The van der Waals surface area contributed by atoms with Crippen LogP contribution in [0.2, 0.25) is 5.04 Å². The number of ether oxygens (including phenoxy) is 1. The molecular weight excluding hydrogens is 488 g/mol. The molecule has 5 rings (SSSR count). The third kappa shape index (κ3) is 4.59. The molecule has 2 saturated heterocycles. The van der Waals surface area contributed by atoms with Gasteiger partial charge in [0.2, 0.25) is 0 Å². The Balaban J connectivity index is 1.39. The van der Waals surface area contributed by atoms with Crippen molar-refractivity contribution in [1.82, 2.24) is 0 Å². The average Bonchev–Trinajstić information content (AvgIpc) is 3.51. The summed E-state index contributed by atoms with van der Waals surface area (Å²) >= 11 is 0. The van der Waals surface area contributed by atoms with E-state index in [-0.39, 0.29) is 36.2 Å². The highest BCUT2D eigenvalue weighted by atomic mass is 28.4. The fourth-order valence-electron chi connectivity index (χ4n) is 7.25. The molecule has 3 aromatic carbocycles. The van der Waals surface area contributed by atoms with Crippen LogP contribution in [0.3, 0.4) is 0 Å². The normalized spacial score (nSPS) is 25.1. The summed E-state index contributed by atoms with van der Waals surface area (Å²) in [5, 5.41) is 22.9. The highest BCUT2D eigenvalue weighted by Crippen LogP contribution is 2.57. The molecule has 2 bridgehead atoms. The lowest BCUT2D eigenvalue weighted by Crippen LogP contribution is -2.66. The third-order valence-electron chi connectivity index (χ3n) is 8.96. The Morgan fingerprint density at radius 2 is 1.47 bits per heavy atom. The summed E-state index contributed by atoms with van der Waals surface area (Å²) in [6.45, 7) is 7.71. The van der Waals surface area contributed by atoms with Crippen molar-refractivity contribution in [3.63, 3.8) is 0 Å². The summed E-state index contributed by atoms with van der Waals surface area (Å²) in [4.78, 5) is 0. The predicted molar refractivity (Wildman–Crippen MR) is 155 cm³/mol. The molecule has 202 valence electrons. The topological polar surface area (TPSA) is 58.9 Å². The van der Waals surface area contributed by atoms with Gasteiger partial charge in [0, 0.05) is 31.7 Å². The number of rotatable bonds is 10. The zero-order valence-electron chi connectivity index (χ0n) is 23.0. The molecule has 4 unspecified atom stereocenters. The molecule has 4 atom stereocenters. The second kappa shape index (κ2) is 11.1. The molecule has 0 amide bonds. The van der Waals surface area contributed by atoms with Gasteiger partial charge in [-0.15, -0.1) is 0 Å². The maximum Gasteiger partial charge on any atom is 0.261 e. The van der Waals surface area contributed by atoms with Crippen molar-refractivity contribution >= 4 is 18.7 Å². The molecule has 2 fully saturated rings. The van der Waals surface area contributed by atoms with Gasteiger partial charge in [-0.1, -0.05) is 106 Å². The van der Waals surface area contributed by atoms with Crippen LogP contribution in [0.5, 0.6) is 0 Å². The zero-order valence-corrected chi connectivity index (χ0v) is 24.0. The van der Waals surface area contributed by atoms with E-state index in [9.17, 15) is 10.2 Å². The quantitative estimate of drug-likeness (QED) is 0.292. The summed E-state index contributed by atoms with van der Waals surface area (Å²) in [7, 11) is -2.56. The van der Waals surface area contributed by atoms with Crippen LogP contribution in [0, 0.1) is 11.8 Å². The first kappa shape index (κ1) is 27.3. The zero-order chi connectivity index (χ0) is 26.8. The van der Waals surface area contributed by atoms with Crippen LogP contribution in [0.4, 0.5) is 0 Å². The van der Waals surface area contributed by atoms with Gasteiger partial charge in [-0.3, -0.25) is 0 Å². The summed E-state index contributed by atoms with van der Waals surface area (Å²) in [6.07, 6.45) is 3.64. The molecule has 2 aliphatic heterocycles. The molecule has 2 heterocycles. The minimum atomic E-state index is -2.56. The number of fused-ring (bicyclic) bond motifs is 2. The smallest absolute Gasteiger partial charge is 0.261 e. The lowest BCUT2D eigenvalue weighted by molar-refractivity contribution is -0.0262. The first-order chi connectivity index (χ1) is 18.4. The Bertz CT molecular complexity index is 1150. The average molecular weight is 531 g/mol. The van der Waals surface area contributed by atoms with E-state index in [1.54, 1.807) is 0 Å². The van der Waals surface area contributed by atoms with Crippen LogP contribution in [-0.2, 0) is 21.2 Å². The molecule has 0 saturated carbocycles. The minimum absolute atomic E-state index is 0.000265. The summed E-state index contributed by atoms with van der Waals surface area (Å²) in [5.74, 6) is -0.0685. The second-order valence-corrected chi connectivity index (χ2v) is 16.3. The van der Waals surface area contributed by atoms with Gasteiger partial charge in [0.1, 0.15) is 0 Å². The molecule has 38 heavy (non-hydrogen) atoms. The highest BCUT2D eigenvalue weighted by molar-refractivity contribution is 6.99. The monoisotopic (exact) mass is 530 g/mol. The molecule has 2 aliphatic rings. The number of benzene rings is 3. The van der Waals surface area contributed by atoms with E-state index in [0.717, 1.165) is 25.7 Å². The third-order valence-corrected chi connectivity index (χ3v) is 14.0. The van der Waals surface area contributed by atoms with Crippen LogP contribution >= 0.6 is 0 Å². The summed E-state index contributed by atoms with van der Waals surface area (Å²) in [6, 6.07) is 30.1. The molecule has 0 aliphatic carbocycles. The molecule has 0 spiro atoms.